The van der Waals surface area contributed by atoms with E-state index in [4.69, 9.17) is 0 Å². The Labute approximate surface area is 115 Å². The summed E-state index contributed by atoms with van der Waals surface area (Å²) in [6.07, 6.45) is 6.66. The molecule has 1 aromatic rings. The zero-order chi connectivity index (χ0) is 14.6. The van der Waals surface area contributed by atoms with Crippen LogP contribution in [0.15, 0.2) is 24.9 Å². The number of aromatic nitrogens is 3. The summed E-state index contributed by atoms with van der Waals surface area (Å²) in [7, 11) is 0. The molecule has 0 atom stereocenters. The number of amides is 1. The summed E-state index contributed by atoms with van der Waals surface area (Å²) in [5.41, 5.74) is -0.297. The Balaban J connectivity index is 3.09. The number of nitrogens with zero attached hydrogens (tertiary/aromatic N) is 4. The smallest absolute Gasteiger partial charge is 0.294 e. The van der Waals surface area contributed by atoms with Gasteiger partial charge in [-0.25, -0.2) is 9.78 Å². The molecule has 0 unspecified atom stereocenters. The topological polar surface area (TPSA) is 51.0 Å². The zero-order valence-corrected chi connectivity index (χ0v) is 12.7. The molecule has 1 heterocycles. The van der Waals surface area contributed by atoms with Gasteiger partial charge in [0.05, 0.1) is 0 Å². The summed E-state index contributed by atoms with van der Waals surface area (Å²) in [6.45, 7) is 12.5. The minimum absolute atomic E-state index is 0.187. The van der Waals surface area contributed by atoms with Crippen LogP contribution < -0.4 is 0 Å². The van der Waals surface area contributed by atoms with Crippen LogP contribution in [0.1, 0.15) is 41.5 Å². The van der Waals surface area contributed by atoms with E-state index in [-0.39, 0.29) is 11.6 Å². The van der Waals surface area contributed by atoms with E-state index in [0.717, 1.165) is 0 Å². The molecule has 0 bridgehead atoms. The Kier molecular flexibility index (Phi) is 4.86. The predicted molar refractivity (Wildman–Crippen MR) is 75.6 cm³/mol. The van der Waals surface area contributed by atoms with E-state index in [2.05, 4.69) is 51.6 Å². The van der Waals surface area contributed by atoms with Gasteiger partial charge in [-0.15, -0.1) is 0 Å². The molecule has 1 amide bonds. The third-order valence-electron chi connectivity index (χ3n) is 3.47. The molecule has 19 heavy (non-hydrogen) atoms. The standard InChI is InChI=1S/C14H24N4O/c1-11(2)7-8-17(14(5,6)12(3)4)13(19)18-10-15-9-16-18/h7-12H,1-6H3/b8-7+. The molecule has 5 nitrogen and oxygen atoms in total. The van der Waals surface area contributed by atoms with Gasteiger partial charge in [0.2, 0.25) is 0 Å². The lowest BCUT2D eigenvalue weighted by molar-refractivity contribution is 0.137. The average molecular weight is 264 g/mol. The van der Waals surface area contributed by atoms with Gasteiger partial charge in [-0.2, -0.15) is 9.78 Å². The molecular weight excluding hydrogens is 240 g/mol. The summed E-state index contributed by atoms with van der Waals surface area (Å²) in [5.74, 6) is 0.700. The number of rotatable bonds is 4. The van der Waals surface area contributed by atoms with Crippen molar-refractivity contribution in [2.24, 2.45) is 11.8 Å². The maximum absolute atomic E-state index is 12.5. The number of carbonyl (C=O) groups is 1. The Morgan fingerprint density at radius 2 is 1.95 bits per heavy atom. The lowest BCUT2D eigenvalue weighted by Crippen LogP contribution is -2.49. The number of hydrogen-bond acceptors (Lipinski definition) is 3. The summed E-state index contributed by atoms with van der Waals surface area (Å²) < 4.78 is 1.26. The highest BCUT2D eigenvalue weighted by Crippen LogP contribution is 2.25. The van der Waals surface area contributed by atoms with Crippen molar-refractivity contribution in [3.63, 3.8) is 0 Å². The van der Waals surface area contributed by atoms with Gasteiger partial charge in [0.1, 0.15) is 12.7 Å². The van der Waals surface area contributed by atoms with Gasteiger partial charge in [0.15, 0.2) is 0 Å². The van der Waals surface area contributed by atoms with E-state index in [1.165, 1.54) is 17.3 Å². The fourth-order valence-electron chi connectivity index (χ4n) is 1.46. The van der Waals surface area contributed by atoms with Crippen molar-refractivity contribution < 1.29 is 4.79 Å². The fraction of sp³-hybridized carbons (Fsp3) is 0.643. The Hall–Kier alpha value is -1.65. The van der Waals surface area contributed by atoms with Crippen LogP contribution in [-0.2, 0) is 0 Å². The van der Waals surface area contributed by atoms with Crippen LogP contribution in [0, 0.1) is 11.8 Å². The van der Waals surface area contributed by atoms with Crippen molar-refractivity contribution in [2.75, 3.05) is 0 Å². The van der Waals surface area contributed by atoms with E-state index in [1.807, 2.05) is 12.3 Å². The van der Waals surface area contributed by atoms with Crippen molar-refractivity contribution in [3.05, 3.63) is 24.9 Å². The minimum Gasteiger partial charge on any atom is -0.294 e. The molecule has 0 aliphatic rings. The van der Waals surface area contributed by atoms with Crippen LogP contribution in [-0.4, -0.2) is 31.2 Å². The first-order valence-corrected chi connectivity index (χ1v) is 6.63. The Bertz CT molecular complexity index is 432. The van der Waals surface area contributed by atoms with E-state index < -0.39 is 0 Å². The van der Waals surface area contributed by atoms with E-state index in [9.17, 15) is 4.79 Å². The molecule has 0 radical (unpaired) electrons. The van der Waals surface area contributed by atoms with Crippen molar-refractivity contribution >= 4 is 6.03 Å². The van der Waals surface area contributed by atoms with Crippen LogP contribution in [0.25, 0.3) is 0 Å². The number of hydrogen-bond donors (Lipinski definition) is 0. The first-order chi connectivity index (χ1) is 8.76. The number of allylic oxidation sites excluding steroid dienone is 1. The first-order valence-electron chi connectivity index (χ1n) is 6.63. The van der Waals surface area contributed by atoms with Gasteiger partial charge in [0.25, 0.3) is 0 Å². The van der Waals surface area contributed by atoms with E-state index >= 15 is 0 Å². The lowest BCUT2D eigenvalue weighted by Gasteiger charge is -2.39. The molecule has 1 rings (SSSR count). The predicted octanol–water partition coefficient (Wildman–Crippen LogP) is 3.15. The van der Waals surface area contributed by atoms with Gasteiger partial charge in [-0.1, -0.05) is 33.8 Å². The number of carbonyl (C=O) groups excluding carboxylic acids is 1. The third kappa shape index (κ3) is 3.66. The SMILES string of the molecule is CC(C)/C=C/N(C(=O)n1cncn1)C(C)(C)C(C)C. The zero-order valence-electron chi connectivity index (χ0n) is 12.7. The van der Waals surface area contributed by atoms with Crippen LogP contribution in [0.2, 0.25) is 0 Å². The van der Waals surface area contributed by atoms with Gasteiger partial charge >= 0.3 is 6.03 Å². The van der Waals surface area contributed by atoms with Crippen molar-refractivity contribution in [3.8, 4) is 0 Å². The van der Waals surface area contributed by atoms with Crippen LogP contribution >= 0.6 is 0 Å². The second kappa shape index (κ2) is 5.99. The summed E-state index contributed by atoms with van der Waals surface area (Å²) in [6, 6.07) is -0.187. The Morgan fingerprint density at radius 3 is 2.37 bits per heavy atom. The monoisotopic (exact) mass is 264 g/mol. The van der Waals surface area contributed by atoms with E-state index in [1.54, 1.807) is 4.90 Å². The second-order valence-corrected chi connectivity index (χ2v) is 5.89. The molecule has 1 aromatic heterocycles. The summed E-state index contributed by atoms with van der Waals surface area (Å²) in [5, 5.41) is 3.92. The molecule has 0 aromatic carbocycles. The maximum atomic E-state index is 12.5. The quantitative estimate of drug-likeness (QED) is 0.839. The van der Waals surface area contributed by atoms with E-state index in [0.29, 0.717) is 11.8 Å². The molecule has 0 saturated heterocycles. The minimum atomic E-state index is -0.297. The molecular formula is C14H24N4O. The van der Waals surface area contributed by atoms with Crippen LogP contribution in [0.3, 0.4) is 0 Å². The molecule has 0 spiro atoms. The van der Waals surface area contributed by atoms with Crippen molar-refractivity contribution in [2.45, 2.75) is 47.1 Å². The van der Waals surface area contributed by atoms with Gasteiger partial charge in [-0.3, -0.25) is 4.90 Å². The van der Waals surface area contributed by atoms with Gasteiger partial charge in [0, 0.05) is 11.7 Å². The van der Waals surface area contributed by atoms with Crippen LogP contribution in [0.4, 0.5) is 4.79 Å². The second-order valence-electron chi connectivity index (χ2n) is 5.89. The molecule has 5 heteroatoms. The summed E-state index contributed by atoms with van der Waals surface area (Å²) >= 11 is 0. The maximum Gasteiger partial charge on any atom is 0.350 e. The van der Waals surface area contributed by atoms with Gasteiger partial charge in [-0.05, 0) is 25.7 Å². The molecule has 0 aliphatic heterocycles. The van der Waals surface area contributed by atoms with Gasteiger partial charge < -0.3 is 0 Å². The summed E-state index contributed by atoms with van der Waals surface area (Å²) in [4.78, 5) is 18.1. The van der Waals surface area contributed by atoms with Crippen LogP contribution in [0.5, 0.6) is 0 Å². The Morgan fingerprint density at radius 1 is 1.32 bits per heavy atom. The highest BCUT2D eigenvalue weighted by Gasteiger charge is 2.33. The molecule has 106 valence electrons. The fourth-order valence-corrected chi connectivity index (χ4v) is 1.46. The largest absolute Gasteiger partial charge is 0.350 e. The molecule has 0 fully saturated rings. The normalized spacial score (nSPS) is 12.6. The third-order valence-corrected chi connectivity index (χ3v) is 3.47. The molecule has 0 aliphatic carbocycles. The lowest BCUT2D eigenvalue weighted by atomic mass is 9.89. The average Bonchev–Trinajstić information content (AvgIpc) is 2.81. The van der Waals surface area contributed by atoms with Crippen molar-refractivity contribution in [1.29, 1.82) is 0 Å². The van der Waals surface area contributed by atoms with Crippen molar-refractivity contribution in [1.82, 2.24) is 19.7 Å². The highest BCUT2D eigenvalue weighted by atomic mass is 16.2. The highest BCUT2D eigenvalue weighted by molar-refractivity contribution is 5.77. The molecule has 0 N–H and O–H groups in total. The molecule has 0 saturated carbocycles. The first kappa shape index (κ1) is 15.4.